The quantitative estimate of drug-likeness (QED) is 0.730. The van der Waals surface area contributed by atoms with Crippen LogP contribution in [0.2, 0.25) is 0 Å². The molecule has 17 heavy (non-hydrogen) atoms. The molecule has 2 atom stereocenters. The van der Waals surface area contributed by atoms with Gasteiger partial charge < -0.3 is 0 Å². The Morgan fingerprint density at radius 3 is 2.06 bits per heavy atom. The Kier molecular flexibility index (Phi) is 2.12. The van der Waals surface area contributed by atoms with Gasteiger partial charge in [-0.1, -0.05) is 26.0 Å². The summed E-state index contributed by atoms with van der Waals surface area (Å²) in [5.74, 6) is 0.386. The van der Waals surface area contributed by atoms with Crippen molar-refractivity contribution in [2.45, 2.75) is 26.2 Å². The maximum atomic E-state index is 11.9. The van der Waals surface area contributed by atoms with Crippen molar-refractivity contribution in [3.63, 3.8) is 0 Å². The van der Waals surface area contributed by atoms with Crippen LogP contribution in [0.3, 0.4) is 0 Å². The van der Waals surface area contributed by atoms with E-state index in [1.165, 1.54) is 10.5 Å². The Morgan fingerprint density at radius 1 is 1.06 bits per heavy atom. The zero-order chi connectivity index (χ0) is 12.2. The fourth-order valence-electron chi connectivity index (χ4n) is 2.44. The fraction of sp³-hybridized carbons (Fsp3) is 0.429. The summed E-state index contributed by atoms with van der Waals surface area (Å²) in [7, 11) is 0. The first kappa shape index (κ1) is 10.5. The number of benzene rings is 1. The lowest BCUT2D eigenvalue weighted by molar-refractivity contribution is -0.123. The van der Waals surface area contributed by atoms with Crippen molar-refractivity contribution in [1.29, 1.82) is 0 Å². The number of hydrogen-bond donors (Lipinski definition) is 0. The van der Waals surface area contributed by atoms with Crippen molar-refractivity contribution in [3.8, 4) is 0 Å². The molecule has 1 aromatic rings. The number of amides is 2. The van der Waals surface area contributed by atoms with Gasteiger partial charge in [0.05, 0.1) is 17.5 Å². The van der Waals surface area contributed by atoms with Crippen LogP contribution in [0.25, 0.3) is 0 Å². The van der Waals surface area contributed by atoms with Crippen LogP contribution < -0.4 is 4.90 Å². The van der Waals surface area contributed by atoms with Crippen molar-refractivity contribution < 1.29 is 9.59 Å². The summed E-state index contributed by atoms with van der Waals surface area (Å²) in [5, 5.41) is 0. The lowest BCUT2D eigenvalue weighted by atomic mass is 10.0. The highest BCUT2D eigenvalue weighted by molar-refractivity contribution is 6.24. The average Bonchev–Trinajstić information content (AvgIpc) is 3.05. The van der Waals surface area contributed by atoms with Crippen LogP contribution in [-0.4, -0.2) is 11.8 Å². The Labute approximate surface area is 100 Å². The normalized spacial score (nSPS) is 26.6. The van der Waals surface area contributed by atoms with E-state index in [2.05, 4.69) is 13.8 Å². The predicted octanol–water partition coefficient (Wildman–Crippen LogP) is 2.32. The number of imide groups is 1. The molecule has 1 aliphatic heterocycles. The van der Waals surface area contributed by atoms with Crippen LogP contribution in [0, 0.1) is 11.8 Å². The maximum absolute atomic E-state index is 11.9. The van der Waals surface area contributed by atoms with Crippen LogP contribution in [0.5, 0.6) is 0 Å². The second-order valence-electron chi connectivity index (χ2n) is 5.21. The Morgan fingerprint density at radius 2 is 1.59 bits per heavy atom. The van der Waals surface area contributed by atoms with Gasteiger partial charge >= 0.3 is 0 Å². The molecular weight excluding hydrogens is 214 g/mol. The second kappa shape index (κ2) is 3.42. The molecule has 0 aromatic heterocycles. The van der Waals surface area contributed by atoms with Crippen LogP contribution in [0.1, 0.15) is 31.7 Å². The molecular formula is C14H15NO2. The Balaban J connectivity index is 1.90. The van der Waals surface area contributed by atoms with Crippen molar-refractivity contribution in [3.05, 3.63) is 29.8 Å². The number of fused-ring (bicyclic) bond motifs is 1. The first-order valence-corrected chi connectivity index (χ1v) is 6.07. The molecule has 1 saturated heterocycles. The lowest BCUT2D eigenvalue weighted by Gasteiger charge is -2.17. The van der Waals surface area contributed by atoms with E-state index < -0.39 is 0 Å². The molecule has 3 heteroatoms. The third-order valence-electron chi connectivity index (χ3n) is 3.68. The molecule has 1 saturated carbocycles. The lowest BCUT2D eigenvalue weighted by Crippen LogP contribution is -2.32. The molecule has 1 aliphatic carbocycles. The zero-order valence-electron chi connectivity index (χ0n) is 10.0. The highest BCUT2D eigenvalue weighted by Crippen LogP contribution is 2.48. The minimum absolute atomic E-state index is 0.0164. The van der Waals surface area contributed by atoms with Gasteiger partial charge in [0, 0.05) is 0 Å². The van der Waals surface area contributed by atoms with Gasteiger partial charge in [-0.15, -0.1) is 0 Å². The van der Waals surface area contributed by atoms with E-state index in [1.54, 1.807) is 0 Å². The monoisotopic (exact) mass is 229 g/mol. The van der Waals surface area contributed by atoms with E-state index in [-0.39, 0.29) is 23.7 Å². The van der Waals surface area contributed by atoms with E-state index in [1.807, 2.05) is 24.3 Å². The first-order valence-electron chi connectivity index (χ1n) is 6.07. The number of rotatable bonds is 2. The highest BCUT2D eigenvalue weighted by Gasteiger charge is 2.59. The van der Waals surface area contributed by atoms with Crippen LogP contribution in [0.4, 0.5) is 5.69 Å². The number of carbonyl (C=O) groups excluding carboxylic acids is 2. The summed E-state index contributed by atoms with van der Waals surface area (Å²) in [6.07, 6.45) is 0.762. The summed E-state index contributed by atoms with van der Waals surface area (Å²) in [6, 6.07) is 7.72. The molecule has 1 aromatic carbocycles. The summed E-state index contributed by atoms with van der Waals surface area (Å²) >= 11 is 0. The van der Waals surface area contributed by atoms with Gasteiger partial charge in [-0.25, -0.2) is 0 Å². The summed E-state index contributed by atoms with van der Waals surface area (Å²) in [4.78, 5) is 25.1. The smallest absolute Gasteiger partial charge is 0.237 e. The highest BCUT2D eigenvalue weighted by atomic mass is 16.2. The van der Waals surface area contributed by atoms with Crippen molar-refractivity contribution in [2.75, 3.05) is 4.90 Å². The molecule has 1 heterocycles. The standard InChI is InChI=1S/C14H15NO2/c1-8(2)9-3-5-10(6-4-9)15-13(16)11-7-12(11)14(15)17/h3-6,8,11-12H,7H2,1-2H3. The molecule has 0 bridgehead atoms. The molecule has 0 spiro atoms. The fourth-order valence-corrected chi connectivity index (χ4v) is 2.44. The number of carbonyl (C=O) groups is 2. The third kappa shape index (κ3) is 1.49. The van der Waals surface area contributed by atoms with Crippen LogP contribution >= 0.6 is 0 Å². The summed E-state index contributed by atoms with van der Waals surface area (Å²) in [6.45, 7) is 4.24. The summed E-state index contributed by atoms with van der Waals surface area (Å²) in [5.41, 5.74) is 1.94. The molecule has 0 radical (unpaired) electrons. The number of piperidine rings is 1. The zero-order valence-corrected chi connectivity index (χ0v) is 10.0. The van der Waals surface area contributed by atoms with E-state index in [0.29, 0.717) is 5.92 Å². The molecule has 2 fully saturated rings. The molecule has 3 nitrogen and oxygen atoms in total. The van der Waals surface area contributed by atoms with Crippen molar-refractivity contribution in [1.82, 2.24) is 0 Å². The van der Waals surface area contributed by atoms with Crippen molar-refractivity contribution in [2.24, 2.45) is 11.8 Å². The Hall–Kier alpha value is -1.64. The minimum Gasteiger partial charge on any atom is -0.274 e. The molecule has 2 amide bonds. The SMILES string of the molecule is CC(C)c1ccc(N2C(=O)C3CC3C2=O)cc1. The molecule has 88 valence electrons. The second-order valence-corrected chi connectivity index (χ2v) is 5.21. The topological polar surface area (TPSA) is 37.4 Å². The largest absolute Gasteiger partial charge is 0.274 e. The third-order valence-corrected chi connectivity index (χ3v) is 3.68. The number of anilines is 1. The van der Waals surface area contributed by atoms with E-state index in [9.17, 15) is 9.59 Å². The Bertz CT molecular complexity index is 469. The van der Waals surface area contributed by atoms with Gasteiger partial charge in [-0.3, -0.25) is 14.5 Å². The van der Waals surface area contributed by atoms with Gasteiger partial charge in [0.1, 0.15) is 0 Å². The molecule has 2 unspecified atom stereocenters. The first-order chi connectivity index (χ1) is 8.09. The number of nitrogens with zero attached hydrogens (tertiary/aromatic N) is 1. The average molecular weight is 229 g/mol. The molecule has 3 rings (SSSR count). The number of hydrogen-bond acceptors (Lipinski definition) is 2. The molecule has 2 aliphatic rings. The minimum atomic E-state index is -0.0210. The van der Waals surface area contributed by atoms with Gasteiger partial charge in [0.15, 0.2) is 0 Å². The van der Waals surface area contributed by atoms with Gasteiger partial charge in [-0.2, -0.15) is 0 Å². The predicted molar refractivity (Wildman–Crippen MR) is 64.6 cm³/mol. The van der Waals surface area contributed by atoms with Gasteiger partial charge in [-0.05, 0) is 30.0 Å². The molecule has 0 N–H and O–H groups in total. The van der Waals surface area contributed by atoms with Gasteiger partial charge in [0.2, 0.25) is 11.8 Å². The van der Waals surface area contributed by atoms with Crippen LogP contribution in [0.15, 0.2) is 24.3 Å². The van der Waals surface area contributed by atoms with Crippen LogP contribution in [-0.2, 0) is 9.59 Å². The van der Waals surface area contributed by atoms with E-state index in [0.717, 1.165) is 12.1 Å². The van der Waals surface area contributed by atoms with E-state index >= 15 is 0 Å². The van der Waals surface area contributed by atoms with E-state index in [4.69, 9.17) is 0 Å². The van der Waals surface area contributed by atoms with Crippen molar-refractivity contribution >= 4 is 17.5 Å². The van der Waals surface area contributed by atoms with Gasteiger partial charge in [0.25, 0.3) is 0 Å². The summed E-state index contributed by atoms with van der Waals surface area (Å²) < 4.78 is 0. The maximum Gasteiger partial charge on any atom is 0.237 e.